The lowest BCUT2D eigenvalue weighted by Crippen LogP contribution is -2.19. The standard InChI is InChI=1S/C20H18O5/c1-12(2)25-15-5-3-13(4-6-15)7-14-10-22-17-9-19-18(23-11-24-19)8-16(17)20(14)21/h3-9,12H,10-11H2,1-2H3/b14-7+. The van der Waals surface area contributed by atoms with E-state index in [2.05, 4.69) is 0 Å². The maximum atomic E-state index is 12.8. The van der Waals surface area contributed by atoms with Crippen LogP contribution >= 0.6 is 0 Å². The number of carbonyl (C=O) groups is 1. The van der Waals surface area contributed by atoms with E-state index in [0.717, 1.165) is 11.3 Å². The molecule has 2 heterocycles. The second-order valence-electron chi connectivity index (χ2n) is 6.22. The van der Waals surface area contributed by atoms with Crippen molar-refractivity contribution >= 4 is 11.9 Å². The molecule has 0 saturated heterocycles. The fraction of sp³-hybridized carbons (Fsp3) is 0.250. The summed E-state index contributed by atoms with van der Waals surface area (Å²) in [6.45, 7) is 4.36. The molecule has 5 heteroatoms. The average molecular weight is 338 g/mol. The van der Waals surface area contributed by atoms with Gasteiger partial charge in [-0.25, -0.2) is 0 Å². The van der Waals surface area contributed by atoms with Gasteiger partial charge in [0, 0.05) is 11.6 Å². The first-order chi connectivity index (χ1) is 12.1. The minimum absolute atomic E-state index is 0.0537. The van der Waals surface area contributed by atoms with Gasteiger partial charge in [-0.15, -0.1) is 0 Å². The van der Waals surface area contributed by atoms with Gasteiger partial charge in [0.25, 0.3) is 0 Å². The number of ketones is 1. The van der Waals surface area contributed by atoms with E-state index in [4.69, 9.17) is 18.9 Å². The highest BCUT2D eigenvalue weighted by atomic mass is 16.7. The molecule has 0 aromatic heterocycles. The summed E-state index contributed by atoms with van der Waals surface area (Å²) in [4.78, 5) is 12.8. The van der Waals surface area contributed by atoms with Crippen molar-refractivity contribution in [3.8, 4) is 23.0 Å². The van der Waals surface area contributed by atoms with Crippen molar-refractivity contribution in [3.63, 3.8) is 0 Å². The third kappa shape index (κ3) is 3.05. The molecule has 4 rings (SSSR count). The highest BCUT2D eigenvalue weighted by Gasteiger charge is 2.27. The van der Waals surface area contributed by atoms with Gasteiger partial charge < -0.3 is 18.9 Å². The van der Waals surface area contributed by atoms with E-state index in [-0.39, 0.29) is 25.3 Å². The molecule has 2 aromatic rings. The molecule has 0 atom stereocenters. The molecule has 2 aliphatic rings. The normalized spacial score (nSPS) is 16.8. The summed E-state index contributed by atoms with van der Waals surface area (Å²) >= 11 is 0. The predicted octanol–water partition coefficient (Wildman–Crippen LogP) is 3.86. The van der Waals surface area contributed by atoms with Crippen LogP contribution in [0.15, 0.2) is 42.0 Å². The van der Waals surface area contributed by atoms with E-state index in [0.29, 0.717) is 28.4 Å². The van der Waals surface area contributed by atoms with Gasteiger partial charge in [-0.3, -0.25) is 4.79 Å². The maximum Gasteiger partial charge on any atom is 0.231 e. The molecular formula is C20H18O5. The van der Waals surface area contributed by atoms with E-state index < -0.39 is 0 Å². The van der Waals surface area contributed by atoms with Crippen molar-refractivity contribution in [3.05, 3.63) is 53.1 Å². The van der Waals surface area contributed by atoms with Crippen LogP contribution in [0, 0.1) is 0 Å². The summed E-state index contributed by atoms with van der Waals surface area (Å²) in [6, 6.07) is 11.0. The molecule has 0 unspecified atom stereocenters. The Kier molecular flexibility index (Phi) is 3.84. The highest BCUT2D eigenvalue weighted by Crippen LogP contribution is 2.40. The Labute approximate surface area is 145 Å². The summed E-state index contributed by atoms with van der Waals surface area (Å²) in [5.41, 5.74) is 2.03. The number of rotatable bonds is 3. The Morgan fingerprint density at radius 2 is 1.72 bits per heavy atom. The van der Waals surface area contributed by atoms with Crippen LogP contribution in [0.1, 0.15) is 29.8 Å². The van der Waals surface area contributed by atoms with Crippen LogP contribution < -0.4 is 18.9 Å². The minimum Gasteiger partial charge on any atom is -0.491 e. The lowest BCUT2D eigenvalue weighted by molar-refractivity contribution is 0.100. The number of benzene rings is 2. The monoisotopic (exact) mass is 338 g/mol. The van der Waals surface area contributed by atoms with Crippen LogP contribution in [0.3, 0.4) is 0 Å². The maximum absolute atomic E-state index is 12.8. The second kappa shape index (κ2) is 6.16. The Morgan fingerprint density at radius 1 is 1.00 bits per heavy atom. The molecule has 25 heavy (non-hydrogen) atoms. The van der Waals surface area contributed by atoms with Crippen LogP contribution in [0.25, 0.3) is 6.08 Å². The van der Waals surface area contributed by atoms with Crippen molar-refractivity contribution in [2.45, 2.75) is 20.0 Å². The van der Waals surface area contributed by atoms with Gasteiger partial charge in [0.05, 0.1) is 11.7 Å². The molecule has 5 nitrogen and oxygen atoms in total. The highest BCUT2D eigenvalue weighted by molar-refractivity contribution is 6.14. The summed E-state index contributed by atoms with van der Waals surface area (Å²) in [7, 11) is 0. The minimum atomic E-state index is -0.0537. The molecule has 2 aromatic carbocycles. The lowest BCUT2D eigenvalue weighted by Gasteiger charge is -2.19. The first-order valence-electron chi connectivity index (χ1n) is 8.18. The number of ether oxygens (including phenoxy) is 4. The number of hydrogen-bond donors (Lipinski definition) is 0. The van der Waals surface area contributed by atoms with Crippen molar-refractivity contribution in [1.82, 2.24) is 0 Å². The van der Waals surface area contributed by atoms with E-state index in [1.165, 1.54) is 0 Å². The molecule has 0 spiro atoms. The van der Waals surface area contributed by atoms with Gasteiger partial charge >= 0.3 is 0 Å². The van der Waals surface area contributed by atoms with Gasteiger partial charge in [0.2, 0.25) is 6.79 Å². The Bertz CT molecular complexity index is 849. The van der Waals surface area contributed by atoms with Crippen LogP contribution in [-0.4, -0.2) is 25.3 Å². The zero-order chi connectivity index (χ0) is 17.4. The molecule has 0 saturated carbocycles. The van der Waals surface area contributed by atoms with E-state index >= 15 is 0 Å². The van der Waals surface area contributed by atoms with E-state index in [9.17, 15) is 4.79 Å². The smallest absolute Gasteiger partial charge is 0.231 e. The van der Waals surface area contributed by atoms with Crippen molar-refractivity contribution in [1.29, 1.82) is 0 Å². The molecule has 0 N–H and O–H groups in total. The van der Waals surface area contributed by atoms with Crippen LogP contribution in [0.4, 0.5) is 0 Å². The molecule has 128 valence electrons. The molecule has 0 fully saturated rings. The zero-order valence-electron chi connectivity index (χ0n) is 14.1. The molecule has 0 radical (unpaired) electrons. The average Bonchev–Trinajstić information content (AvgIpc) is 3.04. The summed E-state index contributed by atoms with van der Waals surface area (Å²) < 4.78 is 22.0. The summed E-state index contributed by atoms with van der Waals surface area (Å²) in [5.74, 6) is 2.47. The number of hydrogen-bond acceptors (Lipinski definition) is 5. The fourth-order valence-corrected chi connectivity index (χ4v) is 2.84. The Hall–Kier alpha value is -2.95. The van der Waals surface area contributed by atoms with Gasteiger partial charge in [-0.2, -0.15) is 0 Å². The molecule has 0 bridgehead atoms. The quantitative estimate of drug-likeness (QED) is 0.796. The first-order valence-corrected chi connectivity index (χ1v) is 8.18. The first kappa shape index (κ1) is 15.6. The molecular weight excluding hydrogens is 320 g/mol. The lowest BCUT2D eigenvalue weighted by atomic mass is 9.98. The van der Waals surface area contributed by atoms with Gasteiger partial charge in [-0.1, -0.05) is 12.1 Å². The SMILES string of the molecule is CC(C)Oc1ccc(/C=C2\COc3cc4c(cc3C2=O)OCO4)cc1. The largest absolute Gasteiger partial charge is 0.491 e. The number of fused-ring (bicyclic) bond motifs is 2. The van der Waals surface area contributed by atoms with Crippen LogP contribution in [0.2, 0.25) is 0 Å². The van der Waals surface area contributed by atoms with Crippen molar-refractivity contribution in [2.75, 3.05) is 13.4 Å². The summed E-state index contributed by atoms with van der Waals surface area (Å²) in [6.07, 6.45) is 1.97. The van der Waals surface area contributed by atoms with Gasteiger partial charge in [-0.05, 0) is 43.7 Å². The third-order valence-corrected chi connectivity index (χ3v) is 3.99. The number of Topliss-reactive ketones (excluding diaryl/α,β-unsaturated/α-hetero) is 1. The fourth-order valence-electron chi connectivity index (χ4n) is 2.84. The van der Waals surface area contributed by atoms with E-state index in [1.807, 2.05) is 44.2 Å². The van der Waals surface area contributed by atoms with Crippen LogP contribution in [-0.2, 0) is 0 Å². The van der Waals surface area contributed by atoms with Gasteiger partial charge in [0.15, 0.2) is 17.3 Å². The third-order valence-electron chi connectivity index (χ3n) is 3.99. The topological polar surface area (TPSA) is 54.0 Å². The van der Waals surface area contributed by atoms with Crippen LogP contribution in [0.5, 0.6) is 23.0 Å². The van der Waals surface area contributed by atoms with Crippen molar-refractivity contribution in [2.24, 2.45) is 0 Å². The van der Waals surface area contributed by atoms with Crippen molar-refractivity contribution < 1.29 is 23.7 Å². The Morgan fingerprint density at radius 3 is 2.44 bits per heavy atom. The molecule has 2 aliphatic heterocycles. The Balaban J connectivity index is 1.59. The van der Waals surface area contributed by atoms with Gasteiger partial charge in [0.1, 0.15) is 18.1 Å². The summed E-state index contributed by atoms with van der Waals surface area (Å²) in [5, 5.41) is 0. The molecule has 0 amide bonds. The molecule has 0 aliphatic carbocycles. The number of carbonyl (C=O) groups excluding carboxylic acids is 1. The predicted molar refractivity (Wildman–Crippen MR) is 92.6 cm³/mol. The second-order valence-corrected chi connectivity index (χ2v) is 6.22. The van der Waals surface area contributed by atoms with E-state index in [1.54, 1.807) is 12.1 Å². The zero-order valence-corrected chi connectivity index (χ0v) is 14.1.